The largest absolute Gasteiger partial charge is 0.0616 e. The maximum atomic E-state index is 2.37. The summed E-state index contributed by atoms with van der Waals surface area (Å²) in [5, 5.41) is 10.5. The molecule has 0 atom stereocenters. The van der Waals surface area contributed by atoms with Gasteiger partial charge in [0.2, 0.25) is 0 Å². The van der Waals surface area contributed by atoms with Crippen LogP contribution in [0.25, 0.3) is 76.5 Å². The van der Waals surface area contributed by atoms with Crippen LogP contribution in [0.2, 0.25) is 0 Å². The molecule has 0 unspecified atom stereocenters. The van der Waals surface area contributed by atoms with Crippen molar-refractivity contribution in [1.82, 2.24) is 0 Å². The molecule has 8 rings (SSSR count). The van der Waals surface area contributed by atoms with Crippen LogP contribution in [0, 0.1) is 0 Å². The fraction of sp³-hybridized carbons (Fsp3) is 0. The van der Waals surface area contributed by atoms with Crippen molar-refractivity contribution in [3.05, 3.63) is 121 Å². The van der Waals surface area contributed by atoms with Crippen molar-refractivity contribution < 1.29 is 0 Å². The molecule has 0 saturated carbocycles. The van der Waals surface area contributed by atoms with Gasteiger partial charge in [-0.05, 0) is 82.5 Å². The van der Waals surface area contributed by atoms with Crippen LogP contribution in [0.15, 0.2) is 121 Å². The van der Waals surface area contributed by atoms with Gasteiger partial charge in [-0.3, -0.25) is 0 Å². The van der Waals surface area contributed by atoms with Gasteiger partial charge in [0.25, 0.3) is 0 Å². The fourth-order valence-electron chi connectivity index (χ4n) is 6.06. The molecular formula is C34H20. The number of hydrogen-bond donors (Lipinski definition) is 0. The van der Waals surface area contributed by atoms with E-state index in [1.54, 1.807) is 0 Å². The lowest BCUT2D eigenvalue weighted by molar-refractivity contribution is 1.67. The Morgan fingerprint density at radius 3 is 1.88 bits per heavy atom. The molecule has 0 nitrogen and oxygen atoms in total. The van der Waals surface area contributed by atoms with E-state index in [-0.39, 0.29) is 0 Å². The molecule has 34 heavy (non-hydrogen) atoms. The second-order valence-corrected chi connectivity index (χ2v) is 9.32. The summed E-state index contributed by atoms with van der Waals surface area (Å²) in [5.74, 6) is 0. The van der Waals surface area contributed by atoms with Crippen molar-refractivity contribution in [1.29, 1.82) is 0 Å². The standard InChI is InChI=1S/C34H20/c1-2-8-25-21(6-1)12-18-30-26-16-14-24(20-23(26)15-19-29(25)30)27-17-13-22-7-5-11-31-28-9-3-4-10-32(28)34(27)33(22)31/h1-20H. The lowest BCUT2D eigenvalue weighted by Crippen LogP contribution is -1.86. The Kier molecular flexibility index (Phi) is 3.48. The summed E-state index contributed by atoms with van der Waals surface area (Å²) < 4.78 is 0. The van der Waals surface area contributed by atoms with Crippen LogP contribution in [0.3, 0.4) is 0 Å². The minimum atomic E-state index is 1.27. The van der Waals surface area contributed by atoms with E-state index in [1.807, 2.05) is 0 Å². The Labute approximate surface area is 197 Å². The summed E-state index contributed by atoms with van der Waals surface area (Å²) in [6.07, 6.45) is 0. The van der Waals surface area contributed by atoms with Gasteiger partial charge >= 0.3 is 0 Å². The Balaban J connectivity index is 1.41. The summed E-state index contributed by atoms with van der Waals surface area (Å²) in [6, 6.07) is 44.8. The summed E-state index contributed by atoms with van der Waals surface area (Å²) >= 11 is 0. The van der Waals surface area contributed by atoms with Crippen LogP contribution in [-0.2, 0) is 0 Å². The van der Waals surface area contributed by atoms with Crippen molar-refractivity contribution in [3.63, 3.8) is 0 Å². The molecule has 0 N–H and O–H groups in total. The molecule has 1 aliphatic rings. The van der Waals surface area contributed by atoms with Gasteiger partial charge in [-0.15, -0.1) is 0 Å². The molecule has 0 fully saturated rings. The number of rotatable bonds is 1. The highest BCUT2D eigenvalue weighted by Gasteiger charge is 2.24. The predicted octanol–water partition coefficient (Wildman–Crippen LogP) is 9.61. The van der Waals surface area contributed by atoms with Crippen molar-refractivity contribution in [2.45, 2.75) is 0 Å². The number of benzene rings is 7. The summed E-state index contributed by atoms with van der Waals surface area (Å²) in [5.41, 5.74) is 7.99. The molecule has 0 bridgehead atoms. The molecule has 0 saturated heterocycles. The topological polar surface area (TPSA) is 0 Å². The lowest BCUT2D eigenvalue weighted by atomic mass is 9.90. The smallest absolute Gasteiger partial charge is 0.00143 e. The van der Waals surface area contributed by atoms with Crippen LogP contribution in [0.1, 0.15) is 0 Å². The summed E-state index contributed by atoms with van der Waals surface area (Å²) in [7, 11) is 0. The average Bonchev–Trinajstić information content (AvgIpc) is 3.24. The van der Waals surface area contributed by atoms with Crippen LogP contribution in [0.4, 0.5) is 0 Å². The van der Waals surface area contributed by atoms with Gasteiger partial charge in [0, 0.05) is 0 Å². The second-order valence-electron chi connectivity index (χ2n) is 9.32. The first-order valence-corrected chi connectivity index (χ1v) is 11.9. The third kappa shape index (κ3) is 2.32. The third-order valence-corrected chi connectivity index (χ3v) is 7.59. The van der Waals surface area contributed by atoms with Gasteiger partial charge in [-0.2, -0.15) is 0 Å². The minimum Gasteiger partial charge on any atom is -0.0616 e. The summed E-state index contributed by atoms with van der Waals surface area (Å²) in [6.45, 7) is 0. The van der Waals surface area contributed by atoms with E-state index < -0.39 is 0 Å². The van der Waals surface area contributed by atoms with E-state index in [0.29, 0.717) is 0 Å². The molecular weight excluding hydrogens is 408 g/mol. The highest BCUT2D eigenvalue weighted by atomic mass is 14.3. The Morgan fingerprint density at radius 1 is 0.324 bits per heavy atom. The molecule has 1 aliphatic carbocycles. The molecule has 0 spiro atoms. The zero-order chi connectivity index (χ0) is 22.2. The van der Waals surface area contributed by atoms with Gasteiger partial charge in [0.05, 0.1) is 0 Å². The van der Waals surface area contributed by atoms with E-state index in [0.717, 1.165) is 0 Å². The van der Waals surface area contributed by atoms with Crippen LogP contribution in [0.5, 0.6) is 0 Å². The average molecular weight is 429 g/mol. The zero-order valence-corrected chi connectivity index (χ0v) is 18.5. The second kappa shape index (κ2) is 6.56. The highest BCUT2D eigenvalue weighted by Crippen LogP contribution is 2.51. The predicted molar refractivity (Wildman–Crippen MR) is 146 cm³/mol. The molecule has 0 amide bonds. The Hall–Kier alpha value is -4.42. The Bertz CT molecular complexity index is 1960. The molecule has 156 valence electrons. The molecule has 7 aromatic rings. The molecule has 0 aromatic heterocycles. The van der Waals surface area contributed by atoms with Crippen molar-refractivity contribution in [2.24, 2.45) is 0 Å². The van der Waals surface area contributed by atoms with E-state index in [4.69, 9.17) is 0 Å². The molecule has 0 heteroatoms. The SMILES string of the molecule is c1ccc2c(c1)-c1cccc3ccc(-c4ccc5c(ccc6c7ccccc7ccc56)c4)c-2c13. The van der Waals surface area contributed by atoms with Crippen LogP contribution < -0.4 is 0 Å². The van der Waals surface area contributed by atoms with Gasteiger partial charge in [-0.1, -0.05) is 115 Å². The third-order valence-electron chi connectivity index (χ3n) is 7.59. The molecule has 0 heterocycles. The van der Waals surface area contributed by atoms with E-state index in [2.05, 4.69) is 121 Å². The fourth-order valence-corrected chi connectivity index (χ4v) is 6.06. The summed E-state index contributed by atoms with van der Waals surface area (Å²) in [4.78, 5) is 0. The number of hydrogen-bond acceptors (Lipinski definition) is 0. The lowest BCUT2D eigenvalue weighted by Gasteiger charge is -2.13. The van der Waals surface area contributed by atoms with Crippen molar-refractivity contribution in [2.75, 3.05) is 0 Å². The maximum Gasteiger partial charge on any atom is -0.00143 e. The monoisotopic (exact) mass is 428 g/mol. The first kappa shape index (κ1) is 18.1. The maximum absolute atomic E-state index is 2.37. The van der Waals surface area contributed by atoms with Crippen LogP contribution in [-0.4, -0.2) is 0 Å². The number of fused-ring (bicyclic) bond motifs is 8. The first-order valence-electron chi connectivity index (χ1n) is 11.9. The molecule has 0 aliphatic heterocycles. The van der Waals surface area contributed by atoms with Crippen molar-refractivity contribution in [3.8, 4) is 33.4 Å². The quantitative estimate of drug-likeness (QED) is 0.228. The van der Waals surface area contributed by atoms with Crippen LogP contribution >= 0.6 is 0 Å². The normalized spacial score (nSPS) is 12.1. The van der Waals surface area contributed by atoms with Gasteiger partial charge in [0.1, 0.15) is 0 Å². The molecule has 7 aromatic carbocycles. The van der Waals surface area contributed by atoms with E-state index >= 15 is 0 Å². The zero-order valence-electron chi connectivity index (χ0n) is 18.5. The van der Waals surface area contributed by atoms with Gasteiger partial charge < -0.3 is 0 Å². The van der Waals surface area contributed by atoms with Gasteiger partial charge in [-0.25, -0.2) is 0 Å². The van der Waals surface area contributed by atoms with E-state index in [9.17, 15) is 0 Å². The Morgan fingerprint density at radius 2 is 0.971 bits per heavy atom. The first-order chi connectivity index (χ1) is 16.9. The minimum absolute atomic E-state index is 1.27. The van der Waals surface area contributed by atoms with E-state index in [1.165, 1.54) is 76.5 Å². The highest BCUT2D eigenvalue weighted by molar-refractivity contribution is 6.20. The van der Waals surface area contributed by atoms with Crippen molar-refractivity contribution >= 4 is 43.1 Å². The molecule has 0 radical (unpaired) electrons. The van der Waals surface area contributed by atoms with Gasteiger partial charge in [0.15, 0.2) is 0 Å².